The summed E-state index contributed by atoms with van der Waals surface area (Å²) >= 11 is 0. The molecule has 0 saturated heterocycles. The summed E-state index contributed by atoms with van der Waals surface area (Å²) in [6, 6.07) is 0.653. The molecule has 0 amide bonds. The Hall–Kier alpha value is -0.0800. The van der Waals surface area contributed by atoms with Crippen LogP contribution in [0.1, 0.15) is 55.4 Å². The lowest BCUT2D eigenvalue weighted by atomic mass is 9.89. The second-order valence-electron chi connectivity index (χ2n) is 6.51. The van der Waals surface area contributed by atoms with Crippen LogP contribution in [0.2, 0.25) is 0 Å². The van der Waals surface area contributed by atoms with Gasteiger partial charge in [0, 0.05) is 0 Å². The molecule has 0 aliphatic heterocycles. The number of nitrogens with zero attached hydrogens (tertiary/aromatic N) is 1. The van der Waals surface area contributed by atoms with E-state index in [-0.39, 0.29) is 5.48 Å². The van der Waals surface area contributed by atoms with E-state index < -0.39 is 0 Å². The van der Waals surface area contributed by atoms with Gasteiger partial charge in [-0.15, -0.1) is 0 Å². The van der Waals surface area contributed by atoms with E-state index in [1.807, 2.05) is 0 Å². The highest BCUT2D eigenvalue weighted by Gasteiger charge is 2.47. The van der Waals surface area contributed by atoms with Crippen molar-refractivity contribution < 1.29 is 9.96 Å². The van der Waals surface area contributed by atoms with E-state index in [1.165, 1.54) is 0 Å². The predicted octanol–water partition coefficient (Wildman–Crippen LogP) is 3.26. The lowest BCUT2D eigenvalue weighted by Gasteiger charge is -2.57. The van der Waals surface area contributed by atoms with Crippen molar-refractivity contribution in [1.82, 2.24) is 0 Å². The highest BCUT2D eigenvalue weighted by atomic mass is 16.0. The van der Waals surface area contributed by atoms with E-state index >= 15 is 0 Å². The molecule has 1 N–H and O–H groups in total. The van der Waals surface area contributed by atoms with Crippen LogP contribution in [0.3, 0.4) is 0 Å². The second-order valence-corrected chi connectivity index (χ2v) is 6.51. The van der Waals surface area contributed by atoms with E-state index in [0.717, 1.165) is 4.48 Å². The van der Waals surface area contributed by atoms with E-state index in [9.17, 15) is 0 Å². The molecule has 0 rings (SSSR count). The maximum Gasteiger partial charge on any atom is 0.0910 e. The van der Waals surface area contributed by atoms with Crippen molar-refractivity contribution in [2.24, 2.45) is 0 Å². The van der Waals surface area contributed by atoms with Gasteiger partial charge in [-0.25, -0.2) is 0 Å². The first-order valence-corrected chi connectivity index (χ1v) is 5.31. The van der Waals surface area contributed by atoms with Crippen molar-refractivity contribution in [3.8, 4) is 0 Å². The molecule has 0 aliphatic carbocycles. The standard InChI is InChI=1S/C12H28N.H2O/c1-10(2)13(9,11(3,4)5)12(6,7)8;/h10H,1-9H3;1H2/q+1;/p-1. The number of hydrogen-bond donors (Lipinski definition) is 0. The molecule has 0 fully saturated rings. The summed E-state index contributed by atoms with van der Waals surface area (Å²) in [6.45, 7) is 18.6. The van der Waals surface area contributed by atoms with Gasteiger partial charge in [-0.3, -0.25) is 0 Å². The Balaban J connectivity index is 0. The van der Waals surface area contributed by atoms with Crippen molar-refractivity contribution in [2.75, 3.05) is 7.05 Å². The Bertz CT molecular complexity index is 158. The van der Waals surface area contributed by atoms with Crippen molar-refractivity contribution in [3.05, 3.63) is 0 Å². The molecule has 88 valence electrons. The minimum Gasteiger partial charge on any atom is -0.870 e. The van der Waals surface area contributed by atoms with Gasteiger partial charge in [0.1, 0.15) is 0 Å². The van der Waals surface area contributed by atoms with Crippen LogP contribution in [-0.4, -0.2) is 34.1 Å². The van der Waals surface area contributed by atoms with Gasteiger partial charge in [-0.1, -0.05) is 0 Å². The van der Waals surface area contributed by atoms with Gasteiger partial charge in [-0.2, -0.15) is 0 Å². The van der Waals surface area contributed by atoms with Crippen LogP contribution in [-0.2, 0) is 0 Å². The molecule has 2 nitrogen and oxygen atoms in total. The van der Waals surface area contributed by atoms with Crippen LogP contribution in [0.25, 0.3) is 0 Å². The third kappa shape index (κ3) is 2.48. The van der Waals surface area contributed by atoms with Crippen molar-refractivity contribution >= 4 is 0 Å². The van der Waals surface area contributed by atoms with E-state index in [4.69, 9.17) is 0 Å². The fourth-order valence-electron chi connectivity index (χ4n) is 2.56. The molecule has 0 radical (unpaired) electrons. The Morgan fingerprint density at radius 3 is 1.00 bits per heavy atom. The first-order valence-electron chi connectivity index (χ1n) is 5.31. The van der Waals surface area contributed by atoms with Crippen molar-refractivity contribution in [1.29, 1.82) is 0 Å². The maximum absolute atomic E-state index is 2.37. The lowest BCUT2D eigenvalue weighted by Crippen LogP contribution is -2.69. The van der Waals surface area contributed by atoms with Crippen molar-refractivity contribution in [3.63, 3.8) is 0 Å². The van der Waals surface area contributed by atoms with Gasteiger partial charge in [0.2, 0.25) is 0 Å². The van der Waals surface area contributed by atoms with Gasteiger partial charge < -0.3 is 9.96 Å². The molecule has 0 unspecified atom stereocenters. The highest BCUT2D eigenvalue weighted by molar-refractivity contribution is 4.74. The normalized spacial score (nSPS) is 14.1. The maximum atomic E-state index is 2.37. The van der Waals surface area contributed by atoms with Crippen molar-refractivity contribution in [2.45, 2.75) is 72.5 Å². The van der Waals surface area contributed by atoms with E-state index in [1.54, 1.807) is 0 Å². The molecule has 0 atom stereocenters. The molecule has 0 heterocycles. The summed E-state index contributed by atoms with van der Waals surface area (Å²) < 4.78 is 1.10. The minimum atomic E-state index is 0. The van der Waals surface area contributed by atoms with Gasteiger partial charge in [-0.05, 0) is 55.4 Å². The zero-order valence-electron chi connectivity index (χ0n) is 11.5. The van der Waals surface area contributed by atoms with Gasteiger partial charge in [0.25, 0.3) is 0 Å². The SMILES string of the molecule is CC(C)[N+](C)(C(C)(C)C)C(C)(C)C.[OH-]. The zero-order valence-corrected chi connectivity index (χ0v) is 11.5. The summed E-state index contributed by atoms with van der Waals surface area (Å²) in [6.07, 6.45) is 0. The molecular formula is C12H29NO. The Kier molecular flexibility index (Phi) is 4.90. The molecule has 14 heavy (non-hydrogen) atoms. The molecule has 0 aromatic rings. The summed E-state index contributed by atoms with van der Waals surface area (Å²) in [4.78, 5) is 0. The Morgan fingerprint density at radius 2 is 1.00 bits per heavy atom. The summed E-state index contributed by atoms with van der Waals surface area (Å²) in [7, 11) is 2.37. The topological polar surface area (TPSA) is 30.0 Å². The van der Waals surface area contributed by atoms with Crippen LogP contribution in [0.4, 0.5) is 0 Å². The first kappa shape index (κ1) is 16.4. The molecule has 0 bridgehead atoms. The van der Waals surface area contributed by atoms with E-state index in [2.05, 4.69) is 62.4 Å². The molecule has 0 saturated carbocycles. The third-order valence-corrected chi connectivity index (χ3v) is 3.82. The minimum absolute atomic E-state index is 0. The molecule has 0 aliphatic rings. The molecule has 0 spiro atoms. The fraction of sp³-hybridized carbons (Fsp3) is 1.00. The van der Waals surface area contributed by atoms with Gasteiger partial charge >= 0.3 is 0 Å². The number of quaternary nitrogens is 1. The zero-order chi connectivity index (χ0) is 11.1. The molecule has 0 aromatic carbocycles. The smallest absolute Gasteiger partial charge is 0.0910 e. The van der Waals surface area contributed by atoms with Gasteiger partial charge in [0.15, 0.2) is 0 Å². The monoisotopic (exact) mass is 203 g/mol. The third-order valence-electron chi connectivity index (χ3n) is 3.82. The van der Waals surface area contributed by atoms with Crippen LogP contribution < -0.4 is 0 Å². The Morgan fingerprint density at radius 1 is 0.786 bits per heavy atom. The molecule has 0 aromatic heterocycles. The summed E-state index contributed by atoms with van der Waals surface area (Å²) in [5.74, 6) is 0. The van der Waals surface area contributed by atoms with E-state index in [0.29, 0.717) is 17.1 Å². The average Bonchev–Trinajstić information content (AvgIpc) is 1.80. The molecule has 2 heteroatoms. The van der Waals surface area contributed by atoms with Gasteiger partial charge in [0.05, 0.1) is 24.2 Å². The largest absolute Gasteiger partial charge is 0.870 e. The Labute approximate surface area is 90.2 Å². The quantitative estimate of drug-likeness (QED) is 0.602. The predicted molar refractivity (Wildman–Crippen MR) is 62.8 cm³/mol. The summed E-state index contributed by atoms with van der Waals surface area (Å²) in [5, 5.41) is 0. The first-order chi connectivity index (χ1) is 5.44. The van der Waals surface area contributed by atoms with Crippen LogP contribution in [0.15, 0.2) is 0 Å². The van der Waals surface area contributed by atoms with Crippen LogP contribution >= 0.6 is 0 Å². The number of hydrogen-bond acceptors (Lipinski definition) is 1. The molecular weight excluding hydrogens is 174 g/mol. The fourth-order valence-corrected chi connectivity index (χ4v) is 2.56. The summed E-state index contributed by atoms with van der Waals surface area (Å²) in [5.41, 5.74) is 0.596. The number of rotatable bonds is 1. The second kappa shape index (κ2) is 4.19. The average molecular weight is 203 g/mol. The lowest BCUT2D eigenvalue weighted by molar-refractivity contribution is -1.01. The van der Waals surface area contributed by atoms with Crippen LogP contribution in [0, 0.1) is 0 Å². The highest BCUT2D eigenvalue weighted by Crippen LogP contribution is 2.35. The van der Waals surface area contributed by atoms with Crippen LogP contribution in [0.5, 0.6) is 0 Å².